The van der Waals surface area contributed by atoms with Crippen LogP contribution in [0.2, 0.25) is 0 Å². The molecule has 0 saturated carbocycles. The number of fused-ring (bicyclic) bond motifs is 1. The lowest BCUT2D eigenvalue weighted by atomic mass is 9.95. The largest absolute Gasteiger partial charge is 0.496 e. The van der Waals surface area contributed by atoms with E-state index in [2.05, 4.69) is 0 Å². The molecule has 0 fully saturated rings. The van der Waals surface area contributed by atoms with Crippen molar-refractivity contribution in [1.29, 1.82) is 0 Å². The lowest BCUT2D eigenvalue weighted by Crippen LogP contribution is -2.01. The van der Waals surface area contributed by atoms with Crippen LogP contribution in [0.4, 0.5) is 0 Å². The maximum Gasteiger partial charge on any atom is 0.126 e. The number of aliphatic hydroxyl groups is 1. The molecule has 0 aliphatic carbocycles. The molecular formula is C18H16O2. The van der Waals surface area contributed by atoms with Gasteiger partial charge in [0.1, 0.15) is 11.9 Å². The van der Waals surface area contributed by atoms with Crippen molar-refractivity contribution in [3.05, 3.63) is 77.9 Å². The molecule has 20 heavy (non-hydrogen) atoms. The first kappa shape index (κ1) is 12.7. The van der Waals surface area contributed by atoms with Gasteiger partial charge in [-0.25, -0.2) is 0 Å². The second-order valence-corrected chi connectivity index (χ2v) is 4.72. The van der Waals surface area contributed by atoms with Crippen molar-refractivity contribution < 1.29 is 9.84 Å². The van der Waals surface area contributed by atoms with Gasteiger partial charge in [0.15, 0.2) is 0 Å². The lowest BCUT2D eigenvalue weighted by Gasteiger charge is -2.16. The van der Waals surface area contributed by atoms with E-state index in [9.17, 15) is 5.11 Å². The van der Waals surface area contributed by atoms with Crippen LogP contribution in [0.15, 0.2) is 66.7 Å². The molecular weight excluding hydrogens is 248 g/mol. The zero-order valence-corrected chi connectivity index (χ0v) is 11.3. The molecule has 0 unspecified atom stereocenters. The van der Waals surface area contributed by atoms with Crippen molar-refractivity contribution in [2.75, 3.05) is 7.11 Å². The molecule has 0 aliphatic heterocycles. The van der Waals surface area contributed by atoms with E-state index < -0.39 is 6.10 Å². The van der Waals surface area contributed by atoms with E-state index >= 15 is 0 Å². The quantitative estimate of drug-likeness (QED) is 0.776. The van der Waals surface area contributed by atoms with Gasteiger partial charge in [0.25, 0.3) is 0 Å². The van der Waals surface area contributed by atoms with Crippen LogP contribution in [0.1, 0.15) is 17.2 Å². The van der Waals surface area contributed by atoms with Gasteiger partial charge in [-0.2, -0.15) is 0 Å². The van der Waals surface area contributed by atoms with Crippen molar-refractivity contribution in [3.8, 4) is 5.75 Å². The SMILES string of the molecule is COc1ccc([C@H](O)c2ccccc2)c2ccccc12. The van der Waals surface area contributed by atoms with Gasteiger partial charge < -0.3 is 9.84 Å². The van der Waals surface area contributed by atoms with Gasteiger partial charge in [-0.3, -0.25) is 0 Å². The van der Waals surface area contributed by atoms with Gasteiger partial charge in [-0.05, 0) is 22.6 Å². The average Bonchev–Trinajstić information content (AvgIpc) is 2.54. The molecule has 0 bridgehead atoms. The van der Waals surface area contributed by atoms with Crippen LogP contribution in [-0.4, -0.2) is 12.2 Å². The normalized spacial score (nSPS) is 12.3. The Hall–Kier alpha value is -2.32. The highest BCUT2D eigenvalue weighted by molar-refractivity contribution is 5.91. The molecule has 3 rings (SSSR count). The number of rotatable bonds is 3. The van der Waals surface area contributed by atoms with Gasteiger partial charge in [0, 0.05) is 5.39 Å². The Labute approximate surface area is 118 Å². The first-order valence-electron chi connectivity index (χ1n) is 6.60. The second-order valence-electron chi connectivity index (χ2n) is 4.72. The molecule has 0 radical (unpaired) electrons. The fourth-order valence-electron chi connectivity index (χ4n) is 2.53. The topological polar surface area (TPSA) is 29.5 Å². The van der Waals surface area contributed by atoms with Crippen molar-refractivity contribution in [3.63, 3.8) is 0 Å². The maximum atomic E-state index is 10.6. The van der Waals surface area contributed by atoms with E-state index in [4.69, 9.17) is 4.74 Å². The zero-order valence-electron chi connectivity index (χ0n) is 11.3. The Kier molecular flexibility index (Phi) is 3.40. The Morgan fingerprint density at radius 1 is 0.800 bits per heavy atom. The highest BCUT2D eigenvalue weighted by atomic mass is 16.5. The number of benzene rings is 3. The molecule has 0 saturated heterocycles. The van der Waals surface area contributed by atoms with Crippen molar-refractivity contribution in [2.45, 2.75) is 6.10 Å². The number of methoxy groups -OCH3 is 1. The van der Waals surface area contributed by atoms with E-state index in [-0.39, 0.29) is 0 Å². The fraction of sp³-hybridized carbons (Fsp3) is 0.111. The monoisotopic (exact) mass is 264 g/mol. The summed E-state index contributed by atoms with van der Waals surface area (Å²) in [4.78, 5) is 0. The van der Waals surface area contributed by atoms with Crippen LogP contribution in [-0.2, 0) is 0 Å². The van der Waals surface area contributed by atoms with Gasteiger partial charge in [0.2, 0.25) is 0 Å². The summed E-state index contributed by atoms with van der Waals surface area (Å²) in [5, 5.41) is 12.6. The summed E-state index contributed by atoms with van der Waals surface area (Å²) in [6.45, 7) is 0. The molecule has 3 aromatic carbocycles. The van der Waals surface area contributed by atoms with Crippen molar-refractivity contribution >= 4 is 10.8 Å². The van der Waals surface area contributed by atoms with E-state index in [1.807, 2.05) is 66.7 Å². The summed E-state index contributed by atoms with van der Waals surface area (Å²) in [6.07, 6.45) is -0.632. The van der Waals surface area contributed by atoms with Gasteiger partial charge in [0.05, 0.1) is 7.11 Å². The number of ether oxygens (including phenoxy) is 1. The summed E-state index contributed by atoms with van der Waals surface area (Å²) < 4.78 is 5.39. The van der Waals surface area contributed by atoms with Crippen molar-refractivity contribution in [1.82, 2.24) is 0 Å². The minimum atomic E-state index is -0.632. The summed E-state index contributed by atoms with van der Waals surface area (Å²) in [6, 6.07) is 21.5. The Morgan fingerprint density at radius 2 is 1.45 bits per heavy atom. The molecule has 100 valence electrons. The van der Waals surface area contributed by atoms with Crippen molar-refractivity contribution in [2.24, 2.45) is 0 Å². The standard InChI is InChI=1S/C18H16O2/c1-20-17-12-11-16(14-9-5-6-10-15(14)17)18(19)13-7-3-2-4-8-13/h2-12,18-19H,1H3/t18-/m1/s1. The molecule has 1 atom stereocenters. The van der Waals surface area contributed by atoms with Crippen LogP contribution < -0.4 is 4.74 Å². The van der Waals surface area contributed by atoms with E-state index in [1.54, 1.807) is 7.11 Å². The zero-order chi connectivity index (χ0) is 13.9. The number of hydrogen-bond donors (Lipinski definition) is 1. The minimum Gasteiger partial charge on any atom is -0.496 e. The third-order valence-corrected chi connectivity index (χ3v) is 3.55. The maximum absolute atomic E-state index is 10.6. The lowest BCUT2D eigenvalue weighted by molar-refractivity contribution is 0.222. The predicted molar refractivity (Wildman–Crippen MR) is 81.0 cm³/mol. The molecule has 1 N–H and O–H groups in total. The predicted octanol–water partition coefficient (Wildman–Crippen LogP) is 3.93. The highest BCUT2D eigenvalue weighted by Gasteiger charge is 2.14. The molecule has 2 nitrogen and oxygen atoms in total. The van der Waals surface area contributed by atoms with E-state index in [1.165, 1.54) is 0 Å². The first-order chi connectivity index (χ1) is 9.81. The number of aliphatic hydroxyl groups excluding tert-OH is 1. The molecule has 0 aliphatic rings. The third-order valence-electron chi connectivity index (χ3n) is 3.55. The third kappa shape index (κ3) is 2.15. The molecule has 2 heteroatoms. The Morgan fingerprint density at radius 3 is 2.15 bits per heavy atom. The number of hydrogen-bond acceptors (Lipinski definition) is 2. The minimum absolute atomic E-state index is 0.632. The highest BCUT2D eigenvalue weighted by Crippen LogP contribution is 2.33. The molecule has 0 spiro atoms. The summed E-state index contributed by atoms with van der Waals surface area (Å²) in [5.74, 6) is 0.824. The van der Waals surface area contributed by atoms with Gasteiger partial charge in [-0.15, -0.1) is 0 Å². The van der Waals surface area contributed by atoms with Crippen LogP contribution in [0.3, 0.4) is 0 Å². The van der Waals surface area contributed by atoms with E-state index in [0.717, 1.165) is 27.6 Å². The van der Waals surface area contributed by atoms with Gasteiger partial charge >= 0.3 is 0 Å². The van der Waals surface area contributed by atoms with Crippen LogP contribution in [0.25, 0.3) is 10.8 Å². The summed E-state index contributed by atoms with van der Waals surface area (Å²) in [7, 11) is 1.66. The van der Waals surface area contributed by atoms with Crippen LogP contribution in [0.5, 0.6) is 5.75 Å². The van der Waals surface area contributed by atoms with Crippen LogP contribution in [0, 0.1) is 0 Å². The van der Waals surface area contributed by atoms with Gasteiger partial charge in [-0.1, -0.05) is 60.7 Å². The molecule has 3 aromatic rings. The summed E-state index contributed by atoms with van der Waals surface area (Å²) >= 11 is 0. The average molecular weight is 264 g/mol. The fourth-order valence-corrected chi connectivity index (χ4v) is 2.53. The van der Waals surface area contributed by atoms with Crippen LogP contribution >= 0.6 is 0 Å². The van der Waals surface area contributed by atoms with E-state index in [0.29, 0.717) is 0 Å². The summed E-state index contributed by atoms with van der Waals surface area (Å²) in [5.41, 5.74) is 1.79. The Balaban J connectivity index is 2.18. The molecule has 0 amide bonds. The second kappa shape index (κ2) is 5.35. The molecule has 0 heterocycles. The Bertz CT molecular complexity index is 720. The first-order valence-corrected chi connectivity index (χ1v) is 6.60. The molecule has 0 aromatic heterocycles. The smallest absolute Gasteiger partial charge is 0.126 e.